The summed E-state index contributed by atoms with van der Waals surface area (Å²) in [4.78, 5) is 5.05. The minimum Gasteiger partial charge on any atom is -0.311 e. The van der Waals surface area contributed by atoms with Gasteiger partial charge in [-0.05, 0) is 143 Å². The molecule has 0 aliphatic carbocycles. The van der Waals surface area contributed by atoms with Crippen molar-refractivity contribution >= 4 is 80.4 Å². The van der Waals surface area contributed by atoms with Gasteiger partial charge in [0.25, 0.3) is 6.71 Å². The normalized spacial score (nSPS) is 14.0. The molecule has 0 fully saturated rings. The lowest BCUT2D eigenvalue weighted by Crippen LogP contribution is -2.61. The zero-order valence-corrected chi connectivity index (χ0v) is 43.9. The molecule has 9 rings (SSSR count). The van der Waals surface area contributed by atoms with Crippen LogP contribution in [0.2, 0.25) is 10.0 Å². The van der Waals surface area contributed by atoms with Gasteiger partial charge in [-0.1, -0.05) is 200 Å². The predicted molar refractivity (Wildman–Crippen MR) is 295 cm³/mol. The molecule has 0 amide bonds. The summed E-state index contributed by atoms with van der Waals surface area (Å²) in [5, 5.41) is 1.41. The van der Waals surface area contributed by atoms with E-state index in [0.717, 1.165) is 34.1 Å². The molecule has 67 heavy (non-hydrogen) atoms. The molecule has 2 aliphatic heterocycles. The van der Waals surface area contributed by atoms with Gasteiger partial charge in [0.1, 0.15) is 0 Å². The lowest BCUT2D eigenvalue weighted by Gasteiger charge is -2.46. The Morgan fingerprint density at radius 3 is 0.970 bits per heavy atom. The average molecular weight is 922 g/mol. The van der Waals surface area contributed by atoms with E-state index in [-0.39, 0.29) is 33.8 Å². The summed E-state index contributed by atoms with van der Waals surface area (Å²) >= 11 is 14.3. The molecule has 0 spiro atoms. The van der Waals surface area contributed by atoms with E-state index >= 15 is 0 Å². The van der Waals surface area contributed by atoms with Crippen molar-refractivity contribution in [3.63, 3.8) is 0 Å². The van der Waals surface area contributed by atoms with E-state index in [1.54, 1.807) is 0 Å². The summed E-state index contributed by atoms with van der Waals surface area (Å²) in [6, 6.07) is 50.7. The van der Waals surface area contributed by atoms with Gasteiger partial charge in [-0.25, -0.2) is 0 Å². The highest BCUT2D eigenvalue weighted by Crippen LogP contribution is 2.51. The molecule has 0 N–H and O–H groups in total. The number of benzene rings is 7. The Balaban J connectivity index is 1.39. The molecule has 5 heteroatoms. The number of hydrogen-bond acceptors (Lipinski definition) is 2. The standard InChI is InChI=1S/C62H67BCl2N2/c1-58(2,3)40-20-16-38(17-21-40)47-32-42(60(7,8)9)24-30-51(47)66-53-36-45(64)26-28-49(53)63-50-29-27-46(65)37-54(50)67(56-35-44(62(13,14)15)34-55(66)57(56)63)52-31-25-43(61(10,11)12)33-48(52)39-18-22-41(23-19-39)59(4,5)6/h16-37H,1-15H3. The number of anilines is 6. The SMILES string of the molecule is CC(C)(C)c1ccc(-c2cc(C(C)(C)C)ccc2N2c3cc(Cl)ccc3B3c4ccc(Cl)cc4N(c4ccc(C(C)(C)C)cc4-c4ccc(C(C)(C)C)cc4)c4cc(C(C)(C)C)cc2c43)cc1. The lowest BCUT2D eigenvalue weighted by atomic mass is 9.33. The average Bonchev–Trinajstić information content (AvgIpc) is 3.24. The first kappa shape index (κ1) is 46.9. The van der Waals surface area contributed by atoms with Crippen molar-refractivity contribution < 1.29 is 0 Å². The number of nitrogens with zero attached hydrogens (tertiary/aromatic N) is 2. The molecule has 7 aromatic rings. The van der Waals surface area contributed by atoms with Crippen molar-refractivity contribution in [2.24, 2.45) is 0 Å². The third kappa shape index (κ3) is 8.55. The van der Waals surface area contributed by atoms with E-state index in [4.69, 9.17) is 23.2 Å². The van der Waals surface area contributed by atoms with Crippen LogP contribution in [0.25, 0.3) is 22.3 Å². The largest absolute Gasteiger partial charge is 0.311 e. The van der Waals surface area contributed by atoms with Crippen molar-refractivity contribution in [3.8, 4) is 22.3 Å². The highest BCUT2D eigenvalue weighted by atomic mass is 35.5. The van der Waals surface area contributed by atoms with Crippen LogP contribution in [-0.4, -0.2) is 6.71 Å². The van der Waals surface area contributed by atoms with Gasteiger partial charge in [-0.15, -0.1) is 0 Å². The van der Waals surface area contributed by atoms with Crippen LogP contribution in [0.4, 0.5) is 34.1 Å². The van der Waals surface area contributed by atoms with Gasteiger partial charge >= 0.3 is 0 Å². The van der Waals surface area contributed by atoms with E-state index in [1.807, 2.05) is 0 Å². The molecule has 0 atom stereocenters. The maximum Gasteiger partial charge on any atom is 0.252 e. The van der Waals surface area contributed by atoms with Gasteiger partial charge in [0.2, 0.25) is 0 Å². The fraction of sp³-hybridized carbons (Fsp3) is 0.323. The van der Waals surface area contributed by atoms with Crippen LogP contribution in [0.3, 0.4) is 0 Å². The van der Waals surface area contributed by atoms with Gasteiger partial charge in [-0.2, -0.15) is 0 Å². The van der Waals surface area contributed by atoms with Crippen LogP contribution >= 0.6 is 23.2 Å². The van der Waals surface area contributed by atoms with Crippen molar-refractivity contribution in [2.45, 2.75) is 131 Å². The van der Waals surface area contributed by atoms with Gasteiger partial charge in [0.15, 0.2) is 0 Å². The first-order valence-corrected chi connectivity index (χ1v) is 24.8. The molecule has 0 aromatic heterocycles. The summed E-state index contributed by atoms with van der Waals surface area (Å²) < 4.78 is 0. The fourth-order valence-electron chi connectivity index (χ4n) is 10.0. The maximum atomic E-state index is 7.13. The van der Waals surface area contributed by atoms with Gasteiger partial charge in [-0.3, -0.25) is 0 Å². The first-order valence-electron chi connectivity index (χ1n) is 24.1. The Bertz CT molecular complexity index is 2860. The molecular formula is C62H67BCl2N2. The fourth-order valence-corrected chi connectivity index (χ4v) is 10.4. The molecule has 0 saturated carbocycles. The Kier molecular flexibility index (Phi) is 11.3. The first-order chi connectivity index (χ1) is 31.2. The van der Waals surface area contributed by atoms with Crippen LogP contribution in [0.1, 0.15) is 132 Å². The van der Waals surface area contributed by atoms with Gasteiger partial charge < -0.3 is 9.80 Å². The highest BCUT2D eigenvalue weighted by molar-refractivity contribution is 7.00. The Hall–Kier alpha value is -5.22. The molecule has 342 valence electrons. The van der Waals surface area contributed by atoms with Crippen LogP contribution in [0.15, 0.2) is 133 Å². The van der Waals surface area contributed by atoms with Crippen LogP contribution in [0, 0.1) is 0 Å². The molecule has 2 heterocycles. The molecular weight excluding hydrogens is 854 g/mol. The zero-order chi connectivity index (χ0) is 48.3. The Morgan fingerprint density at radius 1 is 0.313 bits per heavy atom. The third-order valence-corrected chi connectivity index (χ3v) is 14.7. The number of hydrogen-bond donors (Lipinski definition) is 0. The molecule has 2 aliphatic rings. The van der Waals surface area contributed by atoms with E-state index in [2.05, 4.69) is 247 Å². The predicted octanol–water partition coefficient (Wildman–Crippen LogP) is 16.9. The molecule has 0 unspecified atom stereocenters. The minimum absolute atomic E-state index is 0.0356. The topological polar surface area (TPSA) is 6.48 Å². The second kappa shape index (κ2) is 16.2. The highest BCUT2D eigenvalue weighted by Gasteiger charge is 2.45. The van der Waals surface area contributed by atoms with Gasteiger partial charge in [0, 0.05) is 43.9 Å². The Labute approximate surface area is 412 Å². The lowest BCUT2D eigenvalue weighted by molar-refractivity contribution is 0.589. The minimum atomic E-state index is -0.189. The van der Waals surface area contributed by atoms with Crippen molar-refractivity contribution in [2.75, 3.05) is 9.80 Å². The zero-order valence-electron chi connectivity index (χ0n) is 42.4. The van der Waals surface area contributed by atoms with E-state index in [0.29, 0.717) is 10.0 Å². The molecule has 2 nitrogen and oxygen atoms in total. The monoisotopic (exact) mass is 920 g/mol. The molecule has 7 aromatic carbocycles. The maximum absolute atomic E-state index is 7.13. The van der Waals surface area contributed by atoms with Crippen LogP contribution < -0.4 is 26.2 Å². The van der Waals surface area contributed by atoms with Crippen molar-refractivity contribution in [1.29, 1.82) is 0 Å². The Morgan fingerprint density at radius 2 is 0.642 bits per heavy atom. The second-order valence-electron chi connectivity index (χ2n) is 24.3. The van der Waals surface area contributed by atoms with Crippen LogP contribution in [-0.2, 0) is 27.1 Å². The van der Waals surface area contributed by atoms with Crippen LogP contribution in [0.5, 0.6) is 0 Å². The van der Waals surface area contributed by atoms with Crippen molar-refractivity contribution in [3.05, 3.63) is 171 Å². The van der Waals surface area contributed by atoms with E-state index in [1.165, 1.54) is 66.5 Å². The summed E-state index contributed by atoms with van der Waals surface area (Å²) in [6.07, 6.45) is 0. The van der Waals surface area contributed by atoms with E-state index in [9.17, 15) is 0 Å². The number of rotatable bonds is 4. The number of fused-ring (bicyclic) bond motifs is 4. The second-order valence-corrected chi connectivity index (χ2v) is 25.2. The van der Waals surface area contributed by atoms with E-state index < -0.39 is 0 Å². The summed E-state index contributed by atoms with van der Waals surface area (Å²) in [5.41, 5.74) is 21.4. The third-order valence-electron chi connectivity index (χ3n) is 14.2. The molecule has 0 bridgehead atoms. The summed E-state index contributed by atoms with van der Waals surface area (Å²) in [7, 11) is 0. The quantitative estimate of drug-likeness (QED) is 0.162. The molecule has 0 radical (unpaired) electrons. The molecule has 0 saturated heterocycles. The summed E-state index contributed by atoms with van der Waals surface area (Å²) in [5.74, 6) is 0. The van der Waals surface area contributed by atoms with Gasteiger partial charge in [0.05, 0.1) is 11.4 Å². The van der Waals surface area contributed by atoms with Crippen molar-refractivity contribution in [1.82, 2.24) is 0 Å². The number of halogens is 2. The summed E-state index contributed by atoms with van der Waals surface area (Å²) in [6.45, 7) is 34.4. The smallest absolute Gasteiger partial charge is 0.252 e.